The minimum atomic E-state index is 0.494. The molecule has 26 heavy (non-hydrogen) atoms. The van der Waals surface area contributed by atoms with Crippen LogP contribution in [0.2, 0.25) is 10.0 Å². The molecule has 0 spiro atoms. The van der Waals surface area contributed by atoms with Gasteiger partial charge >= 0.3 is 0 Å². The molecule has 0 saturated carbocycles. The number of aromatic nitrogens is 2. The smallest absolute Gasteiger partial charge is 0.229 e. The van der Waals surface area contributed by atoms with E-state index in [2.05, 4.69) is 20.6 Å². The van der Waals surface area contributed by atoms with Crippen molar-refractivity contribution in [3.63, 3.8) is 0 Å². The van der Waals surface area contributed by atoms with Gasteiger partial charge in [0.05, 0.1) is 15.7 Å². The van der Waals surface area contributed by atoms with Crippen LogP contribution in [-0.2, 0) is 0 Å². The normalized spacial score (nSPS) is 10.5. The maximum absolute atomic E-state index is 6.22. The van der Waals surface area contributed by atoms with E-state index >= 15 is 0 Å². The highest BCUT2D eigenvalue weighted by atomic mass is 35.5. The molecule has 0 aliphatic carbocycles. The molecule has 0 radical (unpaired) electrons. The van der Waals surface area contributed by atoms with Crippen LogP contribution in [0.4, 0.5) is 28.8 Å². The Morgan fingerprint density at radius 3 is 2.15 bits per heavy atom. The largest absolute Gasteiger partial charge is 0.378 e. The molecule has 0 unspecified atom stereocenters. The highest BCUT2D eigenvalue weighted by molar-refractivity contribution is 6.39. The van der Waals surface area contributed by atoms with Gasteiger partial charge in [0.2, 0.25) is 5.95 Å². The summed E-state index contributed by atoms with van der Waals surface area (Å²) in [7, 11) is 4.01. The lowest BCUT2D eigenvalue weighted by Crippen LogP contribution is -2.08. The van der Waals surface area contributed by atoms with Gasteiger partial charge in [-0.3, -0.25) is 0 Å². The van der Waals surface area contributed by atoms with Crippen molar-refractivity contribution in [3.05, 3.63) is 64.3 Å². The first kappa shape index (κ1) is 18.3. The summed E-state index contributed by atoms with van der Waals surface area (Å²) in [5, 5.41) is 7.45. The van der Waals surface area contributed by atoms with Crippen LogP contribution >= 0.6 is 23.2 Å². The third-order valence-corrected chi connectivity index (χ3v) is 4.34. The van der Waals surface area contributed by atoms with Crippen molar-refractivity contribution in [1.29, 1.82) is 0 Å². The monoisotopic (exact) mass is 387 g/mol. The average Bonchev–Trinajstić information content (AvgIpc) is 2.58. The van der Waals surface area contributed by atoms with Crippen LogP contribution in [0.1, 0.15) is 5.69 Å². The molecule has 3 aromatic rings. The number of nitrogens with zero attached hydrogens (tertiary/aromatic N) is 3. The van der Waals surface area contributed by atoms with Crippen molar-refractivity contribution in [2.45, 2.75) is 6.92 Å². The second-order valence-corrected chi connectivity index (χ2v) is 6.82. The molecule has 0 saturated heterocycles. The van der Waals surface area contributed by atoms with Gasteiger partial charge in [0.1, 0.15) is 5.82 Å². The number of hydrogen-bond acceptors (Lipinski definition) is 5. The van der Waals surface area contributed by atoms with Crippen molar-refractivity contribution in [2.24, 2.45) is 0 Å². The highest BCUT2D eigenvalue weighted by Gasteiger charge is 2.09. The fraction of sp³-hybridized carbons (Fsp3) is 0.158. The predicted octanol–water partition coefficient (Wildman–Crippen LogP) is 5.65. The summed E-state index contributed by atoms with van der Waals surface area (Å²) >= 11 is 12.4. The van der Waals surface area contributed by atoms with E-state index in [1.807, 2.05) is 56.3 Å². The first-order valence-corrected chi connectivity index (χ1v) is 8.79. The van der Waals surface area contributed by atoms with E-state index in [-0.39, 0.29) is 0 Å². The molecular weight excluding hydrogens is 369 g/mol. The van der Waals surface area contributed by atoms with Crippen molar-refractivity contribution >= 4 is 52.0 Å². The number of rotatable bonds is 5. The van der Waals surface area contributed by atoms with E-state index in [9.17, 15) is 0 Å². The molecule has 1 aromatic heterocycles. The van der Waals surface area contributed by atoms with Crippen molar-refractivity contribution in [1.82, 2.24) is 9.97 Å². The number of halogens is 2. The van der Waals surface area contributed by atoms with E-state index in [1.165, 1.54) is 0 Å². The Bertz CT molecular complexity index is 890. The van der Waals surface area contributed by atoms with Crippen LogP contribution in [-0.4, -0.2) is 24.1 Å². The fourth-order valence-corrected chi connectivity index (χ4v) is 2.90. The van der Waals surface area contributed by atoms with Gasteiger partial charge in [-0.1, -0.05) is 29.3 Å². The maximum atomic E-state index is 6.22. The SMILES string of the molecule is Cc1cc(Nc2c(Cl)cccc2Cl)nc(Nc2ccc(N(C)C)cc2)n1. The Balaban J connectivity index is 1.83. The molecule has 3 rings (SSSR count). The standard InChI is InChI=1S/C19H19Cl2N5/c1-12-11-17(24-18-15(20)5-4-6-16(18)21)25-19(22-12)23-13-7-9-14(10-8-13)26(2)3/h4-11H,1-3H3,(H2,22,23,24,25). The number of benzene rings is 2. The number of aryl methyl sites for hydroxylation is 1. The molecule has 0 aliphatic heterocycles. The first-order valence-electron chi connectivity index (χ1n) is 8.03. The minimum absolute atomic E-state index is 0.494. The highest BCUT2D eigenvalue weighted by Crippen LogP contribution is 2.32. The van der Waals surface area contributed by atoms with Gasteiger partial charge in [0.25, 0.3) is 0 Å². The van der Waals surface area contributed by atoms with Crippen molar-refractivity contribution in [2.75, 3.05) is 29.6 Å². The predicted molar refractivity (Wildman–Crippen MR) is 111 cm³/mol. The molecule has 134 valence electrons. The fourth-order valence-electron chi connectivity index (χ4n) is 2.41. The third kappa shape index (κ3) is 4.36. The van der Waals surface area contributed by atoms with Gasteiger partial charge < -0.3 is 15.5 Å². The van der Waals surface area contributed by atoms with E-state index < -0.39 is 0 Å². The van der Waals surface area contributed by atoms with Crippen LogP contribution in [0.25, 0.3) is 0 Å². The van der Waals surface area contributed by atoms with Crippen molar-refractivity contribution in [3.8, 4) is 0 Å². The zero-order valence-corrected chi connectivity index (χ0v) is 16.2. The van der Waals surface area contributed by atoms with E-state index in [0.717, 1.165) is 17.1 Å². The molecular formula is C19H19Cl2N5. The molecule has 2 N–H and O–H groups in total. The zero-order valence-electron chi connectivity index (χ0n) is 14.7. The van der Waals surface area contributed by atoms with Gasteiger partial charge in [-0.25, -0.2) is 4.98 Å². The summed E-state index contributed by atoms with van der Waals surface area (Å²) in [6.07, 6.45) is 0. The topological polar surface area (TPSA) is 53.1 Å². The molecule has 2 aromatic carbocycles. The lowest BCUT2D eigenvalue weighted by molar-refractivity contribution is 1.10. The second kappa shape index (κ2) is 7.81. The maximum Gasteiger partial charge on any atom is 0.229 e. The van der Waals surface area contributed by atoms with Crippen LogP contribution in [0.15, 0.2) is 48.5 Å². The van der Waals surface area contributed by atoms with E-state index in [0.29, 0.717) is 27.5 Å². The summed E-state index contributed by atoms with van der Waals surface area (Å²) in [6.45, 7) is 1.90. The summed E-state index contributed by atoms with van der Waals surface area (Å²) in [5.74, 6) is 1.10. The van der Waals surface area contributed by atoms with E-state index in [1.54, 1.807) is 18.2 Å². The first-order chi connectivity index (χ1) is 12.4. The minimum Gasteiger partial charge on any atom is -0.378 e. The van der Waals surface area contributed by atoms with Crippen LogP contribution < -0.4 is 15.5 Å². The molecule has 0 aliphatic rings. The van der Waals surface area contributed by atoms with Gasteiger partial charge in [0.15, 0.2) is 0 Å². The molecule has 0 fully saturated rings. The number of hydrogen-bond donors (Lipinski definition) is 2. The van der Waals surface area contributed by atoms with Crippen molar-refractivity contribution < 1.29 is 0 Å². The summed E-state index contributed by atoms with van der Waals surface area (Å²) in [6, 6.07) is 15.2. The molecule has 0 atom stereocenters. The molecule has 0 bridgehead atoms. The summed E-state index contributed by atoms with van der Waals surface area (Å²) in [4.78, 5) is 11.0. The van der Waals surface area contributed by atoms with E-state index in [4.69, 9.17) is 23.2 Å². The number of nitrogens with one attached hydrogen (secondary N) is 2. The van der Waals surface area contributed by atoms with Gasteiger partial charge in [-0.15, -0.1) is 0 Å². The molecule has 5 nitrogen and oxygen atoms in total. The van der Waals surface area contributed by atoms with Gasteiger partial charge in [0, 0.05) is 37.2 Å². The number of para-hydroxylation sites is 1. The number of anilines is 5. The Morgan fingerprint density at radius 2 is 1.54 bits per heavy atom. The second-order valence-electron chi connectivity index (χ2n) is 6.01. The third-order valence-electron chi connectivity index (χ3n) is 3.71. The van der Waals surface area contributed by atoms with Crippen LogP contribution in [0, 0.1) is 6.92 Å². The van der Waals surface area contributed by atoms with Gasteiger partial charge in [-0.05, 0) is 43.3 Å². The van der Waals surface area contributed by atoms with Gasteiger partial charge in [-0.2, -0.15) is 4.98 Å². The Labute approximate surface area is 163 Å². The Hall–Kier alpha value is -2.50. The molecule has 1 heterocycles. The summed E-state index contributed by atoms with van der Waals surface area (Å²) < 4.78 is 0. The Morgan fingerprint density at radius 1 is 0.885 bits per heavy atom. The zero-order chi connectivity index (χ0) is 18.7. The Kier molecular flexibility index (Phi) is 5.49. The van der Waals surface area contributed by atoms with Crippen LogP contribution in [0.5, 0.6) is 0 Å². The molecule has 0 amide bonds. The quantitative estimate of drug-likeness (QED) is 0.592. The molecule has 7 heteroatoms. The average molecular weight is 388 g/mol. The summed E-state index contributed by atoms with van der Waals surface area (Å²) in [5.41, 5.74) is 3.47. The van der Waals surface area contributed by atoms with Crippen LogP contribution in [0.3, 0.4) is 0 Å². The lowest BCUT2D eigenvalue weighted by Gasteiger charge is -2.14. The lowest BCUT2D eigenvalue weighted by atomic mass is 10.2.